The Morgan fingerprint density at radius 1 is 1.44 bits per heavy atom. The first kappa shape index (κ1) is 12.9. The summed E-state index contributed by atoms with van der Waals surface area (Å²) in [7, 11) is 5.48. The third-order valence-electron chi connectivity index (χ3n) is 2.79. The van der Waals surface area contributed by atoms with Crippen LogP contribution in [0.4, 0.5) is 0 Å². The van der Waals surface area contributed by atoms with Crippen LogP contribution in [-0.2, 0) is 13.6 Å². The van der Waals surface area contributed by atoms with E-state index in [4.69, 9.17) is 16.3 Å². The van der Waals surface area contributed by atoms with Crippen molar-refractivity contribution < 1.29 is 4.74 Å². The minimum atomic E-state index is 0.662. The van der Waals surface area contributed by atoms with Crippen LogP contribution < -0.4 is 10.1 Å². The lowest BCUT2D eigenvalue weighted by molar-refractivity contribution is 0.415. The zero-order chi connectivity index (χ0) is 13.1. The maximum Gasteiger partial charge on any atom is 0.120 e. The number of imidazole rings is 1. The number of nitrogens with zero attached hydrogens (tertiary/aromatic N) is 2. The quantitative estimate of drug-likeness (QED) is 0.923. The Kier molecular flexibility index (Phi) is 3.89. The topological polar surface area (TPSA) is 39.1 Å². The number of benzene rings is 1. The summed E-state index contributed by atoms with van der Waals surface area (Å²) in [5, 5.41) is 3.77. The van der Waals surface area contributed by atoms with Crippen LogP contribution in [0.1, 0.15) is 5.69 Å². The van der Waals surface area contributed by atoms with Crippen LogP contribution in [0.2, 0.25) is 5.02 Å². The normalized spacial score (nSPS) is 10.7. The molecule has 2 aromatic rings. The fraction of sp³-hybridized carbons (Fsp3) is 0.308. The highest BCUT2D eigenvalue weighted by atomic mass is 35.5. The summed E-state index contributed by atoms with van der Waals surface area (Å²) < 4.78 is 7.13. The fourth-order valence-corrected chi connectivity index (χ4v) is 2.20. The molecule has 0 saturated carbocycles. The van der Waals surface area contributed by atoms with Gasteiger partial charge in [-0.2, -0.15) is 0 Å². The van der Waals surface area contributed by atoms with E-state index in [1.807, 2.05) is 36.9 Å². The van der Waals surface area contributed by atoms with Crippen molar-refractivity contribution in [1.29, 1.82) is 0 Å². The van der Waals surface area contributed by atoms with E-state index in [2.05, 4.69) is 10.3 Å². The number of hydrogen-bond acceptors (Lipinski definition) is 3. The van der Waals surface area contributed by atoms with Gasteiger partial charge in [0, 0.05) is 19.2 Å². The van der Waals surface area contributed by atoms with E-state index in [0.29, 0.717) is 11.6 Å². The van der Waals surface area contributed by atoms with Crippen LogP contribution in [0.25, 0.3) is 11.3 Å². The smallest absolute Gasteiger partial charge is 0.120 e. The van der Waals surface area contributed by atoms with Crippen molar-refractivity contribution in [3.8, 4) is 17.0 Å². The highest BCUT2D eigenvalue weighted by molar-refractivity contribution is 6.33. The molecular formula is C13H16ClN3O. The average Bonchev–Trinajstić information content (AvgIpc) is 2.71. The predicted octanol–water partition coefficient (Wildman–Crippen LogP) is 2.47. The number of halogens is 1. The molecule has 0 amide bonds. The molecule has 0 atom stereocenters. The van der Waals surface area contributed by atoms with Crippen molar-refractivity contribution in [3.05, 3.63) is 35.2 Å². The molecule has 18 heavy (non-hydrogen) atoms. The second kappa shape index (κ2) is 5.42. The van der Waals surface area contributed by atoms with E-state index >= 15 is 0 Å². The molecule has 1 heterocycles. The molecule has 0 spiro atoms. The van der Waals surface area contributed by atoms with Gasteiger partial charge in [-0.05, 0) is 25.2 Å². The number of aryl methyl sites for hydroxylation is 1. The monoisotopic (exact) mass is 265 g/mol. The van der Waals surface area contributed by atoms with Crippen molar-refractivity contribution in [2.24, 2.45) is 7.05 Å². The Labute approximate surface area is 112 Å². The molecular weight excluding hydrogens is 250 g/mol. The molecule has 96 valence electrons. The Morgan fingerprint density at radius 2 is 2.22 bits per heavy atom. The summed E-state index contributed by atoms with van der Waals surface area (Å²) >= 11 is 6.30. The van der Waals surface area contributed by atoms with Crippen LogP contribution in [-0.4, -0.2) is 23.7 Å². The van der Waals surface area contributed by atoms with Gasteiger partial charge in [0.2, 0.25) is 0 Å². The van der Waals surface area contributed by atoms with Gasteiger partial charge in [0.25, 0.3) is 0 Å². The highest BCUT2D eigenvalue weighted by Gasteiger charge is 2.14. The summed E-state index contributed by atoms with van der Waals surface area (Å²) in [5.41, 5.74) is 2.96. The SMILES string of the molecule is CNCc1ncn(C)c1-c1ccc(OC)cc1Cl. The molecule has 1 aromatic carbocycles. The van der Waals surface area contributed by atoms with E-state index < -0.39 is 0 Å². The van der Waals surface area contributed by atoms with Gasteiger partial charge in [-0.25, -0.2) is 4.98 Å². The van der Waals surface area contributed by atoms with Crippen LogP contribution >= 0.6 is 11.6 Å². The summed E-state index contributed by atoms with van der Waals surface area (Å²) in [5.74, 6) is 0.751. The summed E-state index contributed by atoms with van der Waals surface area (Å²) in [6, 6.07) is 5.67. The van der Waals surface area contributed by atoms with Gasteiger partial charge < -0.3 is 14.6 Å². The van der Waals surface area contributed by atoms with Gasteiger partial charge in [0.15, 0.2) is 0 Å². The number of rotatable bonds is 4. The minimum Gasteiger partial charge on any atom is -0.497 e. The van der Waals surface area contributed by atoms with Crippen LogP contribution in [0.15, 0.2) is 24.5 Å². The second-order valence-corrected chi connectivity index (χ2v) is 4.43. The zero-order valence-electron chi connectivity index (χ0n) is 10.7. The standard InChI is InChI=1S/C13H16ClN3O/c1-15-7-12-13(17(2)8-16-12)10-5-4-9(18-3)6-11(10)14/h4-6,8,15H,7H2,1-3H3. The number of aromatic nitrogens is 2. The highest BCUT2D eigenvalue weighted by Crippen LogP contribution is 2.32. The maximum atomic E-state index is 6.30. The predicted molar refractivity (Wildman–Crippen MR) is 73.0 cm³/mol. The third kappa shape index (κ3) is 2.35. The maximum absolute atomic E-state index is 6.30. The summed E-state index contributed by atoms with van der Waals surface area (Å²) in [4.78, 5) is 4.38. The minimum absolute atomic E-state index is 0.662. The van der Waals surface area contributed by atoms with Crippen molar-refractivity contribution in [3.63, 3.8) is 0 Å². The first-order valence-corrected chi connectivity index (χ1v) is 6.04. The lowest BCUT2D eigenvalue weighted by Crippen LogP contribution is -2.07. The largest absolute Gasteiger partial charge is 0.497 e. The first-order chi connectivity index (χ1) is 8.67. The molecule has 0 radical (unpaired) electrons. The molecule has 0 fully saturated rings. The molecule has 4 nitrogen and oxygen atoms in total. The van der Waals surface area contributed by atoms with Gasteiger partial charge in [0.05, 0.1) is 29.8 Å². The van der Waals surface area contributed by atoms with Crippen LogP contribution in [0, 0.1) is 0 Å². The molecule has 1 N–H and O–H groups in total. The van der Waals surface area contributed by atoms with Gasteiger partial charge >= 0.3 is 0 Å². The molecule has 0 aliphatic carbocycles. The molecule has 0 saturated heterocycles. The molecule has 0 aliphatic heterocycles. The lowest BCUT2D eigenvalue weighted by atomic mass is 10.1. The van der Waals surface area contributed by atoms with Crippen molar-refractivity contribution in [1.82, 2.24) is 14.9 Å². The summed E-state index contributed by atoms with van der Waals surface area (Å²) in [6.45, 7) is 0.707. The van der Waals surface area contributed by atoms with Gasteiger partial charge in [-0.3, -0.25) is 0 Å². The average molecular weight is 266 g/mol. The lowest BCUT2D eigenvalue weighted by Gasteiger charge is -2.09. The Morgan fingerprint density at radius 3 is 2.83 bits per heavy atom. The number of ether oxygens (including phenoxy) is 1. The molecule has 2 rings (SSSR count). The van der Waals surface area contributed by atoms with Crippen LogP contribution in [0.3, 0.4) is 0 Å². The molecule has 1 aromatic heterocycles. The number of hydrogen-bond donors (Lipinski definition) is 1. The number of methoxy groups -OCH3 is 1. The van der Waals surface area contributed by atoms with E-state index in [1.165, 1.54) is 0 Å². The Balaban J connectivity index is 2.51. The van der Waals surface area contributed by atoms with Crippen LogP contribution in [0.5, 0.6) is 5.75 Å². The van der Waals surface area contributed by atoms with E-state index in [0.717, 1.165) is 22.7 Å². The second-order valence-electron chi connectivity index (χ2n) is 4.03. The van der Waals surface area contributed by atoms with Gasteiger partial charge in [-0.1, -0.05) is 11.6 Å². The summed E-state index contributed by atoms with van der Waals surface area (Å²) in [6.07, 6.45) is 1.79. The molecule has 0 unspecified atom stereocenters. The van der Waals surface area contributed by atoms with E-state index in [-0.39, 0.29) is 0 Å². The van der Waals surface area contributed by atoms with Gasteiger partial charge in [0.1, 0.15) is 5.75 Å². The van der Waals surface area contributed by atoms with Crippen molar-refractivity contribution in [2.45, 2.75) is 6.54 Å². The molecule has 0 bridgehead atoms. The number of nitrogens with one attached hydrogen (secondary N) is 1. The fourth-order valence-electron chi connectivity index (χ4n) is 1.94. The third-order valence-corrected chi connectivity index (χ3v) is 3.10. The first-order valence-electron chi connectivity index (χ1n) is 5.66. The molecule has 5 heteroatoms. The van der Waals surface area contributed by atoms with E-state index in [1.54, 1.807) is 13.4 Å². The van der Waals surface area contributed by atoms with Gasteiger partial charge in [-0.15, -0.1) is 0 Å². The van der Waals surface area contributed by atoms with E-state index in [9.17, 15) is 0 Å². The van der Waals surface area contributed by atoms with Crippen molar-refractivity contribution in [2.75, 3.05) is 14.2 Å². The molecule has 0 aliphatic rings. The Hall–Kier alpha value is -1.52. The van der Waals surface area contributed by atoms with Crippen molar-refractivity contribution >= 4 is 11.6 Å². The Bertz CT molecular complexity index is 551. The zero-order valence-corrected chi connectivity index (χ0v) is 11.5.